The molecule has 0 radical (unpaired) electrons. The predicted molar refractivity (Wildman–Crippen MR) is 101 cm³/mol. The second-order valence-electron chi connectivity index (χ2n) is 7.18. The van der Waals surface area contributed by atoms with Crippen molar-refractivity contribution in [3.05, 3.63) is 35.7 Å². The smallest absolute Gasteiger partial charge is 0.276 e. The molecule has 1 fully saturated rings. The molecule has 0 unspecified atom stereocenters. The van der Waals surface area contributed by atoms with E-state index in [1.807, 2.05) is 0 Å². The Bertz CT molecular complexity index is 932. The van der Waals surface area contributed by atoms with Crippen LogP contribution in [0.5, 0.6) is 11.5 Å². The van der Waals surface area contributed by atoms with Gasteiger partial charge in [0.25, 0.3) is 5.91 Å². The van der Waals surface area contributed by atoms with Crippen molar-refractivity contribution in [2.75, 3.05) is 25.2 Å². The van der Waals surface area contributed by atoms with Crippen molar-refractivity contribution in [1.82, 2.24) is 10.1 Å². The number of ketones is 1. The molecule has 0 bridgehead atoms. The molecule has 2 aliphatic heterocycles. The summed E-state index contributed by atoms with van der Waals surface area (Å²) < 4.78 is 15.4. The molecule has 9 heteroatoms. The molecule has 1 aromatic heterocycles. The van der Waals surface area contributed by atoms with Crippen LogP contribution >= 0.6 is 0 Å². The summed E-state index contributed by atoms with van der Waals surface area (Å²) in [4.78, 5) is 38.5. The Morgan fingerprint density at radius 2 is 1.90 bits per heavy atom. The van der Waals surface area contributed by atoms with E-state index in [9.17, 15) is 14.4 Å². The summed E-state index contributed by atoms with van der Waals surface area (Å²) in [6.07, 6.45) is 3.13. The van der Waals surface area contributed by atoms with E-state index in [4.69, 9.17) is 14.0 Å². The van der Waals surface area contributed by atoms with Crippen molar-refractivity contribution in [3.8, 4) is 11.5 Å². The van der Waals surface area contributed by atoms with Crippen LogP contribution in [0.2, 0.25) is 0 Å². The number of carbonyl (C=O) groups is 3. The van der Waals surface area contributed by atoms with Gasteiger partial charge < -0.3 is 24.2 Å². The summed E-state index contributed by atoms with van der Waals surface area (Å²) in [6, 6.07) is 4.75. The number of ether oxygens (including phenoxy) is 2. The van der Waals surface area contributed by atoms with Crippen molar-refractivity contribution in [2.24, 2.45) is 5.92 Å². The lowest BCUT2D eigenvalue weighted by Gasteiger charge is -2.31. The Hall–Kier alpha value is -3.36. The fraction of sp³-hybridized carbons (Fsp3) is 0.400. The highest BCUT2D eigenvalue weighted by molar-refractivity contribution is 6.04. The summed E-state index contributed by atoms with van der Waals surface area (Å²) in [6.45, 7) is 2.66. The third kappa shape index (κ3) is 4.08. The molecule has 2 aromatic rings. The van der Waals surface area contributed by atoms with Gasteiger partial charge in [-0.2, -0.15) is 0 Å². The molecule has 2 amide bonds. The van der Waals surface area contributed by atoms with Gasteiger partial charge in [-0.1, -0.05) is 5.16 Å². The molecule has 1 aromatic carbocycles. The topological polar surface area (TPSA) is 111 Å². The van der Waals surface area contributed by atoms with Crippen molar-refractivity contribution < 1.29 is 28.4 Å². The van der Waals surface area contributed by atoms with Crippen LogP contribution < -0.4 is 14.8 Å². The van der Waals surface area contributed by atoms with Gasteiger partial charge in [-0.3, -0.25) is 14.4 Å². The van der Waals surface area contributed by atoms with Gasteiger partial charge in [0.05, 0.1) is 5.69 Å². The van der Waals surface area contributed by atoms with Gasteiger partial charge in [0.2, 0.25) is 12.7 Å². The van der Waals surface area contributed by atoms with Crippen LogP contribution in [-0.4, -0.2) is 47.5 Å². The van der Waals surface area contributed by atoms with Crippen LogP contribution in [0, 0.1) is 5.92 Å². The first-order chi connectivity index (χ1) is 14.0. The zero-order valence-corrected chi connectivity index (χ0v) is 16.0. The Kier molecular flexibility index (Phi) is 5.20. The first kappa shape index (κ1) is 19.0. The Morgan fingerprint density at radius 1 is 1.17 bits per heavy atom. The van der Waals surface area contributed by atoms with Crippen LogP contribution in [0.25, 0.3) is 0 Å². The predicted octanol–water partition coefficient (Wildman–Crippen LogP) is 2.49. The van der Waals surface area contributed by atoms with E-state index < -0.39 is 0 Å². The number of carbonyl (C=O) groups excluding carboxylic acids is 3. The third-order valence-corrected chi connectivity index (χ3v) is 5.20. The highest BCUT2D eigenvalue weighted by atomic mass is 16.7. The minimum absolute atomic E-state index is 0.0930. The summed E-state index contributed by atoms with van der Waals surface area (Å²) in [5.41, 5.74) is 1.10. The summed E-state index contributed by atoms with van der Waals surface area (Å²) in [5.74, 6) is 0.660. The lowest BCUT2D eigenvalue weighted by atomic mass is 9.93. The number of hydrogen-bond acceptors (Lipinski definition) is 7. The first-order valence-corrected chi connectivity index (χ1v) is 9.45. The number of hydrogen-bond donors (Lipinski definition) is 1. The number of anilines is 1. The van der Waals surface area contributed by atoms with Crippen molar-refractivity contribution in [2.45, 2.75) is 26.2 Å². The first-order valence-electron chi connectivity index (χ1n) is 9.45. The summed E-state index contributed by atoms with van der Waals surface area (Å²) in [5, 5.41) is 6.50. The Labute approximate surface area is 166 Å². The molecule has 0 saturated carbocycles. The molecule has 1 N–H and O–H groups in total. The van der Waals surface area contributed by atoms with E-state index in [0.29, 0.717) is 48.0 Å². The second kappa shape index (κ2) is 7.94. The van der Waals surface area contributed by atoms with Gasteiger partial charge in [-0.25, -0.2) is 0 Å². The van der Waals surface area contributed by atoms with Crippen LogP contribution in [0.15, 0.2) is 29.0 Å². The molecule has 9 nitrogen and oxygen atoms in total. The standard InChI is InChI=1S/C20H21N3O6/c1-12(24)14-9-17-18(28-11-27-17)10-16(14)21-19(25)8-13-2-5-23(6-3-13)20(26)15-4-7-29-22-15/h4,7,9-10,13H,2-3,5-6,8,11H2,1H3,(H,21,25). The zero-order valence-electron chi connectivity index (χ0n) is 16.0. The zero-order chi connectivity index (χ0) is 20.4. The number of piperidine rings is 1. The van der Waals surface area contributed by atoms with Crippen LogP contribution in [0.1, 0.15) is 47.0 Å². The number of amides is 2. The average Bonchev–Trinajstić information content (AvgIpc) is 3.39. The van der Waals surface area contributed by atoms with Crippen molar-refractivity contribution in [1.29, 1.82) is 0 Å². The number of nitrogens with one attached hydrogen (secondary N) is 1. The van der Waals surface area contributed by atoms with Gasteiger partial charge >= 0.3 is 0 Å². The quantitative estimate of drug-likeness (QED) is 0.769. The summed E-state index contributed by atoms with van der Waals surface area (Å²) >= 11 is 0. The fourth-order valence-electron chi connectivity index (χ4n) is 3.63. The molecule has 0 aliphatic carbocycles. The normalized spacial score (nSPS) is 16.0. The Balaban J connectivity index is 1.34. The SMILES string of the molecule is CC(=O)c1cc2c(cc1NC(=O)CC1CCN(C(=O)c3ccon3)CC1)OCO2. The average molecular weight is 399 g/mol. The van der Waals surface area contributed by atoms with Gasteiger partial charge in [0.15, 0.2) is 23.0 Å². The fourth-order valence-corrected chi connectivity index (χ4v) is 3.63. The maximum Gasteiger partial charge on any atom is 0.276 e. The molecule has 1 saturated heterocycles. The van der Waals surface area contributed by atoms with E-state index in [1.54, 1.807) is 23.1 Å². The number of aromatic nitrogens is 1. The van der Waals surface area contributed by atoms with Crippen molar-refractivity contribution in [3.63, 3.8) is 0 Å². The number of rotatable bonds is 5. The van der Waals surface area contributed by atoms with Crippen LogP contribution in [-0.2, 0) is 4.79 Å². The molecular formula is C20H21N3O6. The summed E-state index contributed by atoms with van der Waals surface area (Å²) in [7, 11) is 0. The molecular weight excluding hydrogens is 378 g/mol. The third-order valence-electron chi connectivity index (χ3n) is 5.20. The second-order valence-corrected chi connectivity index (χ2v) is 7.18. The maximum atomic E-state index is 12.6. The molecule has 0 atom stereocenters. The number of fused-ring (bicyclic) bond motifs is 1. The van der Waals surface area contributed by atoms with Crippen LogP contribution in [0.4, 0.5) is 5.69 Å². The van der Waals surface area contributed by atoms with Gasteiger partial charge in [0.1, 0.15) is 6.26 Å². The highest BCUT2D eigenvalue weighted by Gasteiger charge is 2.27. The van der Waals surface area contributed by atoms with E-state index in [1.165, 1.54) is 13.2 Å². The Morgan fingerprint density at radius 3 is 2.55 bits per heavy atom. The van der Waals surface area contributed by atoms with Crippen LogP contribution in [0.3, 0.4) is 0 Å². The number of Topliss-reactive ketones (excluding diaryl/α,β-unsaturated/α-hetero) is 1. The lowest BCUT2D eigenvalue weighted by Crippen LogP contribution is -2.39. The van der Waals surface area contributed by atoms with Gasteiger partial charge in [0, 0.05) is 37.2 Å². The largest absolute Gasteiger partial charge is 0.454 e. The minimum Gasteiger partial charge on any atom is -0.454 e. The minimum atomic E-state index is -0.173. The molecule has 152 valence electrons. The van der Waals surface area contributed by atoms with E-state index in [-0.39, 0.29) is 30.3 Å². The van der Waals surface area contributed by atoms with E-state index in [2.05, 4.69) is 10.5 Å². The molecule has 4 rings (SSSR count). The van der Waals surface area contributed by atoms with E-state index >= 15 is 0 Å². The highest BCUT2D eigenvalue weighted by Crippen LogP contribution is 2.37. The van der Waals surface area contributed by atoms with Crippen molar-refractivity contribution >= 4 is 23.3 Å². The van der Waals surface area contributed by atoms with Gasteiger partial charge in [-0.15, -0.1) is 0 Å². The molecule has 2 aliphatic rings. The molecule has 29 heavy (non-hydrogen) atoms. The number of nitrogens with zero attached hydrogens (tertiary/aromatic N) is 2. The van der Waals surface area contributed by atoms with E-state index in [0.717, 1.165) is 12.8 Å². The lowest BCUT2D eigenvalue weighted by molar-refractivity contribution is -0.117. The molecule has 0 spiro atoms. The van der Waals surface area contributed by atoms with Gasteiger partial charge in [-0.05, 0) is 31.7 Å². The number of likely N-dealkylation sites (tertiary alicyclic amines) is 1. The molecule has 3 heterocycles. The maximum absolute atomic E-state index is 12.6. The number of benzene rings is 1. The monoisotopic (exact) mass is 399 g/mol.